The Bertz CT molecular complexity index is 6330. The lowest BCUT2D eigenvalue weighted by Gasteiger charge is -2.40. The topological polar surface area (TPSA) is 29.5 Å². The van der Waals surface area contributed by atoms with Gasteiger partial charge in [0.15, 0.2) is 0 Å². The van der Waals surface area contributed by atoms with Gasteiger partial charge < -0.3 is 13.7 Å². The molecule has 0 spiro atoms. The number of hydrogen-bond acceptors (Lipinski definition) is 3. The van der Waals surface area contributed by atoms with Crippen molar-refractivity contribution < 1.29 is 8.83 Å². The fourth-order valence-corrected chi connectivity index (χ4v) is 25.6. The van der Waals surface area contributed by atoms with E-state index < -0.39 is 5.41 Å². The zero-order chi connectivity index (χ0) is 87.2. The zero-order valence-electron chi connectivity index (χ0n) is 79.0. The van der Waals surface area contributed by atoms with Gasteiger partial charge in [0.05, 0.1) is 0 Å². The second kappa shape index (κ2) is 36.5. The van der Waals surface area contributed by atoms with Gasteiger partial charge in [-0.25, -0.2) is 0 Å². The van der Waals surface area contributed by atoms with Gasteiger partial charge in [-0.05, 0) is 240 Å². The number of benzene rings is 12. The van der Waals surface area contributed by atoms with Crippen LogP contribution in [0.25, 0.3) is 122 Å². The summed E-state index contributed by atoms with van der Waals surface area (Å²) in [7, 11) is 0. The van der Waals surface area contributed by atoms with Crippen molar-refractivity contribution in [2.45, 2.75) is 334 Å². The summed E-state index contributed by atoms with van der Waals surface area (Å²) >= 11 is 0. The number of nitrogens with zero attached hydrogens (tertiary/aromatic N) is 1. The van der Waals surface area contributed by atoms with Gasteiger partial charge >= 0.3 is 0 Å². The fraction of sp³-hybridized carbons (Fsp3) is 0.419. The molecule has 5 aliphatic carbocycles. The Hall–Kier alpha value is -9.96. The molecule has 14 aromatic rings. The number of aryl methyl sites for hydroxylation is 1. The van der Waals surface area contributed by atoms with Crippen LogP contribution in [0.4, 0.5) is 17.1 Å². The van der Waals surface area contributed by atoms with Crippen LogP contribution < -0.4 is 4.90 Å². The van der Waals surface area contributed by atoms with Gasteiger partial charge in [0, 0.05) is 76.8 Å². The lowest BCUT2D eigenvalue weighted by atomic mass is 9.62. The number of anilines is 3. The molecule has 0 atom stereocenters. The van der Waals surface area contributed by atoms with Gasteiger partial charge in [-0.1, -0.05) is 414 Å². The maximum atomic E-state index is 7.64. The lowest BCUT2D eigenvalue weighted by Crippen LogP contribution is -2.33. The number of rotatable bonds is 41. The number of fused-ring (bicyclic) bond motifs is 25. The van der Waals surface area contributed by atoms with Gasteiger partial charge in [-0.2, -0.15) is 0 Å². The number of para-hydroxylation sites is 3. The maximum absolute atomic E-state index is 7.64. The Labute approximate surface area is 761 Å². The molecule has 5 aliphatic rings. The molecule has 0 N–H and O–H groups in total. The predicted octanol–water partition coefficient (Wildman–Crippen LogP) is 38.2. The molecule has 3 heteroatoms. The van der Waals surface area contributed by atoms with Crippen LogP contribution in [0.3, 0.4) is 0 Å². The highest BCUT2D eigenvalue weighted by molar-refractivity contribution is 6.22. The quantitative estimate of drug-likeness (QED) is 0.0358. The minimum Gasteiger partial charge on any atom is -0.455 e. The van der Waals surface area contributed by atoms with E-state index in [0.29, 0.717) is 0 Å². The van der Waals surface area contributed by atoms with Crippen molar-refractivity contribution in [1.82, 2.24) is 0 Å². The number of hydrogen-bond donors (Lipinski definition) is 0. The Morgan fingerprint density at radius 3 is 1.13 bits per heavy atom. The van der Waals surface area contributed by atoms with E-state index in [2.05, 4.69) is 299 Å². The van der Waals surface area contributed by atoms with Crippen LogP contribution >= 0.6 is 0 Å². The van der Waals surface area contributed by atoms with E-state index in [1.54, 1.807) is 27.8 Å². The molecule has 3 nitrogen and oxygen atoms in total. The molecular weight excluding hydrogens is 1540 g/mol. The SMILES string of the molecule is CCCCCCCC1(CCCCCCC)c2ccccc2-c2ccc(-c3ccc4c(c3)C(C)(C)c3cc(-c5cc6c(c7c5oc5ccccc57)-c5ccc(N(c7ccc8c(c7)C(CCCCCCC)(CCCCCCC)c7c9c(c%10oc%11ccccc%11c%10c7-8)-c7ccccc7C9(CCCCCCC)CCCCCCC)c7ccccc7C)cc5C6(C)C)ccc3-4)cc21. The summed E-state index contributed by atoms with van der Waals surface area (Å²) in [5.74, 6) is 0. The summed E-state index contributed by atoms with van der Waals surface area (Å²) < 4.78 is 15.0. The summed E-state index contributed by atoms with van der Waals surface area (Å²) in [4.78, 5) is 2.68. The minimum absolute atomic E-state index is 0.0270. The minimum atomic E-state index is -0.398. The van der Waals surface area contributed by atoms with Crippen LogP contribution in [0, 0.1) is 6.92 Å². The molecule has 12 aromatic carbocycles. The van der Waals surface area contributed by atoms with Gasteiger partial charge in [0.1, 0.15) is 22.3 Å². The molecule has 0 amide bonds. The molecule has 0 saturated heterocycles. The Morgan fingerprint density at radius 2 is 0.598 bits per heavy atom. The second-order valence-corrected chi connectivity index (χ2v) is 40.9. The molecule has 19 rings (SSSR count). The van der Waals surface area contributed by atoms with Crippen LogP contribution in [0.2, 0.25) is 0 Å². The highest BCUT2D eigenvalue weighted by Crippen LogP contribution is 2.69. The zero-order valence-corrected chi connectivity index (χ0v) is 79.0. The average Bonchev–Trinajstić information content (AvgIpc) is 1.49. The molecule has 2 heterocycles. The van der Waals surface area contributed by atoms with Crippen molar-refractivity contribution >= 4 is 60.9 Å². The summed E-state index contributed by atoms with van der Waals surface area (Å²) in [6.45, 7) is 26.5. The summed E-state index contributed by atoms with van der Waals surface area (Å²) in [6.07, 6.45) is 45.2. The molecule has 0 unspecified atom stereocenters. The van der Waals surface area contributed by atoms with Crippen LogP contribution in [0.15, 0.2) is 227 Å². The van der Waals surface area contributed by atoms with Gasteiger partial charge in [0.25, 0.3) is 0 Å². The van der Waals surface area contributed by atoms with Gasteiger partial charge in [-0.3, -0.25) is 0 Å². The molecule has 0 bridgehead atoms. The first-order valence-corrected chi connectivity index (χ1v) is 51.0. The highest BCUT2D eigenvalue weighted by atomic mass is 16.3. The van der Waals surface area contributed by atoms with E-state index in [-0.39, 0.29) is 21.7 Å². The third-order valence-electron chi connectivity index (χ3n) is 32.3. The third kappa shape index (κ3) is 14.9. The average molecular weight is 1680 g/mol. The van der Waals surface area contributed by atoms with Crippen molar-refractivity contribution in [2.75, 3.05) is 4.90 Å². The Morgan fingerprint density at radius 1 is 0.252 bits per heavy atom. The predicted molar refractivity (Wildman–Crippen MR) is 545 cm³/mol. The van der Waals surface area contributed by atoms with E-state index in [4.69, 9.17) is 8.83 Å². The summed E-state index contributed by atoms with van der Waals surface area (Å²) in [5, 5.41) is 4.96. The highest BCUT2D eigenvalue weighted by Gasteiger charge is 2.55. The van der Waals surface area contributed by atoms with Crippen LogP contribution in [-0.2, 0) is 27.1 Å². The standard InChI is InChI=1S/C124H141NO2/c1-12-18-24-30-46-72-122(73-47-31-25-19-13-2)100-57-41-37-53-90(100)93-68-63-86(79-105(93)122)85-62-67-91-92-69-64-87(80-103(92)120(8,9)102(91)78-85)99-83-107-111(113-97-55-39-44-60-109(97)126-118(99)113)95-70-65-88(81-104(95)121(107,10)11)125(108-59-43-36-52-84(108)7)89-66-71-96-106(82-89)124(76-50-34-28-22-16-5,77-51-35-29-23-17-6)116-112(96)114-98-56-40-45-61-110(98)127-119(114)115-94-54-38-42-58-101(94)123(117(115)116,74-48-32-26-20-14-3)75-49-33-27-21-15-4/h36-45,52-71,78-83H,12-35,46-51,72-77H2,1-11H3. The molecular formula is C124H141NO2. The first-order chi connectivity index (χ1) is 62.2. The molecule has 0 aliphatic heterocycles. The first kappa shape index (κ1) is 86.4. The van der Waals surface area contributed by atoms with E-state index in [0.717, 1.165) is 53.6 Å². The van der Waals surface area contributed by atoms with Crippen molar-refractivity contribution in [3.63, 3.8) is 0 Å². The first-order valence-electron chi connectivity index (χ1n) is 51.0. The Kier molecular flexibility index (Phi) is 24.9. The van der Waals surface area contributed by atoms with Crippen LogP contribution in [-0.4, -0.2) is 0 Å². The van der Waals surface area contributed by atoms with E-state index >= 15 is 0 Å². The molecule has 127 heavy (non-hydrogen) atoms. The summed E-state index contributed by atoms with van der Waals surface area (Å²) in [5.41, 5.74) is 41.8. The molecule has 0 fully saturated rings. The molecule has 654 valence electrons. The number of furan rings is 2. The smallest absolute Gasteiger partial charge is 0.144 e. The molecule has 2 aromatic heterocycles. The number of unbranched alkanes of at least 4 members (excludes halogenated alkanes) is 24. The van der Waals surface area contributed by atoms with Crippen LogP contribution in [0.5, 0.6) is 0 Å². The van der Waals surface area contributed by atoms with Crippen molar-refractivity contribution in [3.8, 4) is 77.9 Å². The lowest BCUT2D eigenvalue weighted by molar-refractivity contribution is 0.369. The van der Waals surface area contributed by atoms with Crippen molar-refractivity contribution in [3.05, 3.63) is 280 Å². The molecule has 0 radical (unpaired) electrons. The largest absolute Gasteiger partial charge is 0.455 e. The normalized spacial score (nSPS) is 15.1. The van der Waals surface area contributed by atoms with Gasteiger partial charge in [0.2, 0.25) is 0 Å². The summed E-state index contributed by atoms with van der Waals surface area (Å²) in [6, 6.07) is 87.1. The Balaban J connectivity index is 0.735. The molecule has 0 saturated carbocycles. The van der Waals surface area contributed by atoms with E-state index in [9.17, 15) is 0 Å². The van der Waals surface area contributed by atoms with E-state index in [1.165, 1.54) is 350 Å². The third-order valence-corrected chi connectivity index (χ3v) is 32.3. The van der Waals surface area contributed by atoms with Crippen molar-refractivity contribution in [1.29, 1.82) is 0 Å². The van der Waals surface area contributed by atoms with E-state index in [1.807, 2.05) is 0 Å². The van der Waals surface area contributed by atoms with Crippen LogP contribution in [0.1, 0.15) is 362 Å². The maximum Gasteiger partial charge on any atom is 0.144 e. The second-order valence-electron chi connectivity index (χ2n) is 40.9. The van der Waals surface area contributed by atoms with Crippen molar-refractivity contribution in [2.24, 2.45) is 0 Å². The fourth-order valence-electron chi connectivity index (χ4n) is 25.6. The van der Waals surface area contributed by atoms with Gasteiger partial charge in [-0.15, -0.1) is 0 Å². The monoisotopic (exact) mass is 1680 g/mol.